The molecule has 1 aromatic rings. The summed E-state index contributed by atoms with van der Waals surface area (Å²) in [5.41, 5.74) is 0.485. The maximum Gasteiger partial charge on any atom is 0.401 e. The second kappa shape index (κ2) is 6.17. The molecule has 1 aliphatic rings. The fraction of sp³-hybridized carbons (Fsp3) is 0.571. The number of alkyl halides is 3. The highest BCUT2D eigenvalue weighted by Crippen LogP contribution is 2.25. The van der Waals surface area contributed by atoms with E-state index in [9.17, 15) is 22.0 Å². The molecule has 0 bridgehead atoms. The van der Waals surface area contributed by atoms with E-state index < -0.39 is 24.4 Å². The molecule has 2 nitrogen and oxygen atoms in total. The van der Waals surface area contributed by atoms with E-state index in [1.54, 1.807) is 4.90 Å². The van der Waals surface area contributed by atoms with E-state index >= 15 is 0 Å². The van der Waals surface area contributed by atoms with Crippen molar-refractivity contribution in [1.82, 2.24) is 5.32 Å². The lowest BCUT2D eigenvalue weighted by Crippen LogP contribution is -2.50. The summed E-state index contributed by atoms with van der Waals surface area (Å²) in [6, 6.07) is 3.22. The molecule has 1 heterocycles. The van der Waals surface area contributed by atoms with Gasteiger partial charge in [-0.2, -0.15) is 13.2 Å². The van der Waals surface area contributed by atoms with Crippen LogP contribution in [0.5, 0.6) is 0 Å². The van der Waals surface area contributed by atoms with Crippen LogP contribution in [-0.2, 0) is 0 Å². The molecule has 21 heavy (non-hydrogen) atoms. The third-order valence-corrected chi connectivity index (χ3v) is 3.52. The Labute approximate surface area is 119 Å². The van der Waals surface area contributed by atoms with Gasteiger partial charge in [-0.1, -0.05) is 6.92 Å². The summed E-state index contributed by atoms with van der Waals surface area (Å²) < 4.78 is 63.0. The summed E-state index contributed by atoms with van der Waals surface area (Å²) in [6.45, 7) is 1.82. The van der Waals surface area contributed by atoms with Crippen LogP contribution in [0.2, 0.25) is 0 Å². The minimum absolute atomic E-state index is 0.164. The minimum atomic E-state index is -4.26. The number of hydrogen-bond acceptors (Lipinski definition) is 2. The smallest absolute Gasteiger partial charge is 0.370 e. The summed E-state index contributed by atoms with van der Waals surface area (Å²) >= 11 is 0. The minimum Gasteiger partial charge on any atom is -0.370 e. The van der Waals surface area contributed by atoms with E-state index in [1.807, 2.05) is 6.92 Å². The first kappa shape index (κ1) is 16.0. The van der Waals surface area contributed by atoms with Gasteiger partial charge < -0.3 is 10.2 Å². The van der Waals surface area contributed by atoms with Crippen LogP contribution < -0.4 is 10.2 Å². The molecule has 1 aromatic carbocycles. The predicted octanol–water partition coefficient (Wildman–Crippen LogP) is 3.33. The lowest BCUT2D eigenvalue weighted by Gasteiger charge is -2.38. The molecule has 0 aromatic heterocycles. The molecule has 1 fully saturated rings. The number of nitrogens with one attached hydrogen (secondary N) is 1. The molecule has 0 radical (unpaired) electrons. The predicted molar refractivity (Wildman–Crippen MR) is 70.2 cm³/mol. The van der Waals surface area contributed by atoms with Crippen molar-refractivity contribution in [3.05, 3.63) is 29.8 Å². The Hall–Kier alpha value is -1.37. The number of anilines is 1. The fourth-order valence-corrected chi connectivity index (χ4v) is 2.65. The van der Waals surface area contributed by atoms with Crippen LogP contribution in [0.3, 0.4) is 0 Å². The van der Waals surface area contributed by atoms with Gasteiger partial charge in [0.05, 0.1) is 6.54 Å². The van der Waals surface area contributed by atoms with Gasteiger partial charge in [0, 0.05) is 30.9 Å². The van der Waals surface area contributed by atoms with Gasteiger partial charge in [0.25, 0.3) is 0 Å². The lowest BCUT2D eigenvalue weighted by atomic mass is 9.95. The van der Waals surface area contributed by atoms with E-state index in [4.69, 9.17) is 0 Å². The number of benzene rings is 1. The normalized spacial score (nSPS) is 23.4. The van der Waals surface area contributed by atoms with Crippen molar-refractivity contribution in [2.24, 2.45) is 5.92 Å². The van der Waals surface area contributed by atoms with Crippen LogP contribution >= 0.6 is 0 Å². The van der Waals surface area contributed by atoms with Crippen molar-refractivity contribution >= 4 is 5.69 Å². The summed E-state index contributed by atoms with van der Waals surface area (Å²) in [6.07, 6.45) is -3.64. The maximum atomic E-state index is 13.3. The second-order valence-electron chi connectivity index (χ2n) is 5.54. The number of hydrogen-bond donors (Lipinski definition) is 1. The van der Waals surface area contributed by atoms with Crippen molar-refractivity contribution in [3.8, 4) is 0 Å². The van der Waals surface area contributed by atoms with E-state index in [1.165, 1.54) is 6.07 Å². The van der Waals surface area contributed by atoms with E-state index in [0.717, 1.165) is 12.1 Å². The number of halogens is 5. The van der Waals surface area contributed by atoms with Crippen molar-refractivity contribution < 1.29 is 22.0 Å². The van der Waals surface area contributed by atoms with E-state index in [2.05, 4.69) is 5.32 Å². The summed E-state index contributed by atoms with van der Waals surface area (Å²) in [5, 5.41) is 2.48. The molecule has 0 saturated carbocycles. The van der Waals surface area contributed by atoms with Gasteiger partial charge in [-0.3, -0.25) is 0 Å². The zero-order valence-electron chi connectivity index (χ0n) is 11.6. The topological polar surface area (TPSA) is 15.3 Å². The summed E-state index contributed by atoms with van der Waals surface area (Å²) in [5.74, 6) is -1.72. The molecule has 2 atom stereocenters. The number of piperidine rings is 1. The molecule has 2 rings (SSSR count). The third-order valence-electron chi connectivity index (χ3n) is 3.52. The lowest BCUT2D eigenvalue weighted by molar-refractivity contribution is -0.126. The highest BCUT2D eigenvalue weighted by Gasteiger charge is 2.31. The molecule has 1 saturated heterocycles. The van der Waals surface area contributed by atoms with Crippen molar-refractivity contribution in [1.29, 1.82) is 0 Å². The second-order valence-corrected chi connectivity index (χ2v) is 5.54. The van der Waals surface area contributed by atoms with Gasteiger partial charge in [-0.25, -0.2) is 8.78 Å². The molecule has 1 N–H and O–H groups in total. The average molecular weight is 308 g/mol. The summed E-state index contributed by atoms with van der Waals surface area (Å²) in [7, 11) is 0. The van der Waals surface area contributed by atoms with Gasteiger partial charge in [0.1, 0.15) is 0 Å². The Bertz CT molecular complexity index is 489. The van der Waals surface area contributed by atoms with E-state index in [0.29, 0.717) is 25.2 Å². The van der Waals surface area contributed by atoms with Crippen LogP contribution in [-0.4, -0.2) is 31.9 Å². The average Bonchev–Trinajstić information content (AvgIpc) is 2.38. The Morgan fingerprint density at radius 1 is 1.19 bits per heavy atom. The zero-order chi connectivity index (χ0) is 15.6. The zero-order valence-corrected chi connectivity index (χ0v) is 11.6. The first-order chi connectivity index (χ1) is 9.74. The Balaban J connectivity index is 2.04. The van der Waals surface area contributed by atoms with Crippen LogP contribution in [0, 0.1) is 17.6 Å². The van der Waals surface area contributed by atoms with Crippen LogP contribution in [0.4, 0.5) is 27.6 Å². The van der Waals surface area contributed by atoms with Gasteiger partial charge in [0.2, 0.25) is 0 Å². The molecular formula is C14H17F5N2. The highest BCUT2D eigenvalue weighted by atomic mass is 19.4. The maximum absolute atomic E-state index is 13.3. The Morgan fingerprint density at radius 3 is 2.52 bits per heavy atom. The Morgan fingerprint density at radius 2 is 1.90 bits per heavy atom. The number of nitrogens with zero attached hydrogens (tertiary/aromatic N) is 1. The van der Waals surface area contributed by atoms with Crippen molar-refractivity contribution in [2.75, 3.05) is 24.5 Å². The van der Waals surface area contributed by atoms with E-state index in [-0.39, 0.29) is 12.0 Å². The molecule has 7 heteroatoms. The van der Waals surface area contributed by atoms with Gasteiger partial charge >= 0.3 is 6.18 Å². The van der Waals surface area contributed by atoms with Crippen LogP contribution in [0.1, 0.15) is 13.3 Å². The third kappa shape index (κ3) is 4.56. The largest absolute Gasteiger partial charge is 0.401 e. The fourth-order valence-electron chi connectivity index (χ4n) is 2.65. The molecule has 0 aliphatic carbocycles. The van der Waals surface area contributed by atoms with Crippen LogP contribution in [0.25, 0.3) is 0 Å². The first-order valence-corrected chi connectivity index (χ1v) is 6.75. The number of rotatable bonds is 3. The molecule has 2 unspecified atom stereocenters. The molecule has 118 valence electrons. The highest BCUT2D eigenvalue weighted by molar-refractivity contribution is 5.47. The quantitative estimate of drug-likeness (QED) is 0.862. The Kier molecular flexibility index (Phi) is 4.70. The SMILES string of the molecule is CC1CC(NCC(F)(F)F)CN(c2ccc(F)c(F)c2)C1. The first-order valence-electron chi connectivity index (χ1n) is 6.75. The van der Waals surface area contributed by atoms with Gasteiger partial charge in [-0.15, -0.1) is 0 Å². The molecule has 1 aliphatic heterocycles. The molecular weight excluding hydrogens is 291 g/mol. The van der Waals surface area contributed by atoms with Crippen molar-refractivity contribution in [2.45, 2.75) is 25.6 Å². The van der Waals surface area contributed by atoms with Gasteiger partial charge in [-0.05, 0) is 24.5 Å². The van der Waals surface area contributed by atoms with Crippen LogP contribution in [0.15, 0.2) is 18.2 Å². The summed E-state index contributed by atoms with van der Waals surface area (Å²) in [4.78, 5) is 1.78. The van der Waals surface area contributed by atoms with Crippen molar-refractivity contribution in [3.63, 3.8) is 0 Å². The monoisotopic (exact) mass is 308 g/mol. The molecule has 0 amide bonds. The molecule has 0 spiro atoms. The van der Waals surface area contributed by atoms with Gasteiger partial charge in [0.15, 0.2) is 11.6 Å². The standard InChI is InChI=1S/C14H17F5N2/c1-9-4-10(20-8-14(17,18)19)7-21(6-9)11-2-3-12(15)13(16)5-11/h2-3,5,9-10,20H,4,6-8H2,1H3.